The number of benzene rings is 1. The molecule has 0 fully saturated rings. The highest BCUT2D eigenvalue weighted by molar-refractivity contribution is 5.63. The lowest BCUT2D eigenvalue weighted by atomic mass is 9.93. The van der Waals surface area contributed by atoms with Gasteiger partial charge in [-0.2, -0.15) is 4.39 Å². The van der Waals surface area contributed by atoms with Crippen molar-refractivity contribution in [3.05, 3.63) is 33.9 Å². The van der Waals surface area contributed by atoms with Crippen LogP contribution in [0.5, 0.6) is 0 Å². The Labute approximate surface area is 110 Å². The van der Waals surface area contributed by atoms with E-state index in [-0.39, 0.29) is 11.1 Å². The van der Waals surface area contributed by atoms with Crippen molar-refractivity contribution in [1.82, 2.24) is 0 Å². The first-order valence-electron chi connectivity index (χ1n) is 5.72. The van der Waals surface area contributed by atoms with Gasteiger partial charge in [-0.25, -0.2) is 4.39 Å². The van der Waals surface area contributed by atoms with Gasteiger partial charge >= 0.3 is 5.69 Å². The average molecular weight is 273 g/mol. The molecule has 0 spiro atoms. The van der Waals surface area contributed by atoms with Crippen molar-refractivity contribution < 1.29 is 13.7 Å². The lowest BCUT2D eigenvalue weighted by molar-refractivity contribution is -0.386. The molecule has 0 aromatic heterocycles. The van der Waals surface area contributed by atoms with Crippen molar-refractivity contribution >= 4 is 11.4 Å². The standard InChI is InChI=1S/C12H17F2N3O2/c1-12(2,6-15)7-16(3)10-5-8(13)4-9(14)11(10)17(18)19/h4-5H,6-7,15H2,1-3H3. The van der Waals surface area contributed by atoms with Crippen LogP contribution in [0.1, 0.15) is 13.8 Å². The Hall–Kier alpha value is -1.76. The number of hydrogen-bond acceptors (Lipinski definition) is 4. The summed E-state index contributed by atoms with van der Waals surface area (Å²) in [4.78, 5) is 11.5. The van der Waals surface area contributed by atoms with Crippen LogP contribution in [0.15, 0.2) is 12.1 Å². The molecule has 5 nitrogen and oxygen atoms in total. The second-order valence-electron chi connectivity index (χ2n) is 5.24. The molecular weight excluding hydrogens is 256 g/mol. The zero-order valence-electron chi connectivity index (χ0n) is 11.1. The Morgan fingerprint density at radius 3 is 2.47 bits per heavy atom. The largest absolute Gasteiger partial charge is 0.368 e. The summed E-state index contributed by atoms with van der Waals surface area (Å²) in [7, 11) is 1.54. The molecule has 0 amide bonds. The third-order valence-corrected chi connectivity index (χ3v) is 2.82. The molecule has 0 bridgehead atoms. The summed E-state index contributed by atoms with van der Waals surface area (Å²) in [5, 5.41) is 10.9. The Morgan fingerprint density at radius 2 is 2.00 bits per heavy atom. The van der Waals surface area contributed by atoms with Gasteiger partial charge in [0, 0.05) is 25.7 Å². The Kier molecular flexibility index (Phi) is 4.41. The fourth-order valence-electron chi connectivity index (χ4n) is 1.82. The monoisotopic (exact) mass is 273 g/mol. The second kappa shape index (κ2) is 5.48. The molecule has 1 aromatic rings. The van der Waals surface area contributed by atoms with Gasteiger partial charge < -0.3 is 10.6 Å². The lowest BCUT2D eigenvalue weighted by Crippen LogP contribution is -2.37. The average Bonchev–Trinajstić information content (AvgIpc) is 2.26. The summed E-state index contributed by atoms with van der Waals surface area (Å²) in [5.74, 6) is -2.03. The second-order valence-corrected chi connectivity index (χ2v) is 5.24. The number of hydrogen-bond donors (Lipinski definition) is 1. The van der Waals surface area contributed by atoms with E-state index < -0.39 is 22.2 Å². The fraction of sp³-hybridized carbons (Fsp3) is 0.500. The van der Waals surface area contributed by atoms with Crippen LogP contribution in [0, 0.1) is 27.2 Å². The predicted octanol–water partition coefficient (Wildman–Crippen LogP) is 2.29. The summed E-state index contributed by atoms with van der Waals surface area (Å²) < 4.78 is 26.7. The summed E-state index contributed by atoms with van der Waals surface area (Å²) in [6.07, 6.45) is 0. The van der Waals surface area contributed by atoms with Crippen LogP contribution in [0.3, 0.4) is 0 Å². The molecule has 0 radical (unpaired) electrons. The highest BCUT2D eigenvalue weighted by Gasteiger charge is 2.27. The van der Waals surface area contributed by atoms with E-state index in [4.69, 9.17) is 5.73 Å². The first kappa shape index (κ1) is 15.3. The molecule has 0 aliphatic rings. The van der Waals surface area contributed by atoms with E-state index in [1.54, 1.807) is 7.05 Å². The highest BCUT2D eigenvalue weighted by Crippen LogP contribution is 2.32. The van der Waals surface area contributed by atoms with E-state index in [2.05, 4.69) is 0 Å². The quantitative estimate of drug-likeness (QED) is 0.660. The molecule has 106 valence electrons. The van der Waals surface area contributed by atoms with Crippen molar-refractivity contribution in [3.63, 3.8) is 0 Å². The van der Waals surface area contributed by atoms with Crippen LogP contribution in [-0.4, -0.2) is 25.1 Å². The smallest absolute Gasteiger partial charge is 0.328 e. The van der Waals surface area contributed by atoms with Crippen molar-refractivity contribution in [1.29, 1.82) is 0 Å². The minimum absolute atomic E-state index is 0.0935. The van der Waals surface area contributed by atoms with Crippen molar-refractivity contribution in [2.75, 3.05) is 25.0 Å². The summed E-state index contributed by atoms with van der Waals surface area (Å²) in [6.45, 7) is 4.42. The number of halogens is 2. The Morgan fingerprint density at radius 1 is 1.42 bits per heavy atom. The molecule has 1 aromatic carbocycles. The molecular formula is C12H17F2N3O2. The highest BCUT2D eigenvalue weighted by atomic mass is 19.1. The van der Waals surface area contributed by atoms with Gasteiger partial charge in [0.1, 0.15) is 11.5 Å². The number of nitrogens with zero attached hydrogens (tertiary/aromatic N) is 2. The van der Waals surface area contributed by atoms with E-state index in [1.165, 1.54) is 4.90 Å². The fourth-order valence-corrected chi connectivity index (χ4v) is 1.82. The van der Waals surface area contributed by atoms with Gasteiger partial charge in [0.25, 0.3) is 0 Å². The maximum Gasteiger partial charge on any atom is 0.328 e. The number of nitro benzene ring substituents is 1. The molecule has 2 N–H and O–H groups in total. The summed E-state index contributed by atoms with van der Waals surface area (Å²) in [6, 6.07) is 1.46. The lowest BCUT2D eigenvalue weighted by Gasteiger charge is -2.30. The third kappa shape index (κ3) is 3.60. The van der Waals surface area contributed by atoms with Crippen LogP contribution < -0.4 is 10.6 Å². The van der Waals surface area contributed by atoms with Crippen molar-refractivity contribution in [2.45, 2.75) is 13.8 Å². The molecule has 0 saturated carbocycles. The molecule has 0 saturated heterocycles. The molecule has 0 heterocycles. The molecule has 19 heavy (non-hydrogen) atoms. The minimum atomic E-state index is -1.18. The van der Waals surface area contributed by atoms with E-state index >= 15 is 0 Å². The molecule has 0 aliphatic carbocycles. The van der Waals surface area contributed by atoms with E-state index in [0.717, 1.165) is 6.07 Å². The number of nitro groups is 1. The van der Waals surface area contributed by atoms with Gasteiger partial charge in [0.2, 0.25) is 5.82 Å². The van der Waals surface area contributed by atoms with Gasteiger partial charge in [-0.05, 0) is 12.0 Å². The topological polar surface area (TPSA) is 72.4 Å². The Bertz CT molecular complexity index is 492. The van der Waals surface area contributed by atoms with Crippen LogP contribution in [0.25, 0.3) is 0 Å². The SMILES string of the molecule is CN(CC(C)(C)CN)c1cc(F)cc(F)c1[N+](=O)[O-]. The van der Waals surface area contributed by atoms with Gasteiger partial charge in [-0.15, -0.1) is 0 Å². The normalized spacial score (nSPS) is 11.5. The Balaban J connectivity index is 3.22. The summed E-state index contributed by atoms with van der Waals surface area (Å²) >= 11 is 0. The van der Waals surface area contributed by atoms with Gasteiger partial charge in [0.15, 0.2) is 0 Å². The first-order chi connectivity index (χ1) is 8.68. The molecule has 0 atom stereocenters. The molecule has 0 unspecified atom stereocenters. The van der Waals surface area contributed by atoms with Gasteiger partial charge in [0.05, 0.1) is 4.92 Å². The maximum atomic E-state index is 13.5. The van der Waals surface area contributed by atoms with Crippen LogP contribution in [-0.2, 0) is 0 Å². The predicted molar refractivity (Wildman–Crippen MR) is 69.1 cm³/mol. The van der Waals surface area contributed by atoms with Crippen LogP contribution in [0.4, 0.5) is 20.2 Å². The zero-order chi connectivity index (χ0) is 14.8. The molecule has 7 heteroatoms. The molecule has 1 rings (SSSR count). The first-order valence-corrected chi connectivity index (χ1v) is 5.72. The van der Waals surface area contributed by atoms with Crippen LogP contribution >= 0.6 is 0 Å². The van der Waals surface area contributed by atoms with Crippen molar-refractivity contribution in [2.24, 2.45) is 11.1 Å². The minimum Gasteiger partial charge on any atom is -0.368 e. The van der Waals surface area contributed by atoms with Crippen molar-refractivity contribution in [3.8, 4) is 0 Å². The van der Waals surface area contributed by atoms with E-state index in [0.29, 0.717) is 19.2 Å². The van der Waals surface area contributed by atoms with Gasteiger partial charge in [-0.3, -0.25) is 10.1 Å². The zero-order valence-corrected chi connectivity index (χ0v) is 11.1. The number of rotatable bonds is 5. The maximum absolute atomic E-state index is 13.5. The number of anilines is 1. The van der Waals surface area contributed by atoms with Gasteiger partial charge in [-0.1, -0.05) is 13.8 Å². The summed E-state index contributed by atoms with van der Waals surface area (Å²) in [5.41, 5.74) is 4.43. The van der Waals surface area contributed by atoms with E-state index in [1.807, 2.05) is 13.8 Å². The van der Waals surface area contributed by atoms with E-state index in [9.17, 15) is 18.9 Å². The molecule has 0 aliphatic heterocycles. The third-order valence-electron chi connectivity index (χ3n) is 2.82. The van der Waals surface area contributed by atoms with Crippen LogP contribution in [0.2, 0.25) is 0 Å². The number of nitrogens with two attached hydrogens (primary N) is 1.